The normalized spacial score (nSPS) is 33.1. The van der Waals surface area contributed by atoms with Crippen LogP contribution in [0.15, 0.2) is 0 Å². The zero-order chi connectivity index (χ0) is 10.0. The van der Waals surface area contributed by atoms with Gasteiger partial charge in [0.1, 0.15) is 0 Å². The van der Waals surface area contributed by atoms with Crippen molar-refractivity contribution in [2.45, 2.75) is 51.9 Å². The second-order valence-electron chi connectivity index (χ2n) is 5.27. The van der Waals surface area contributed by atoms with Gasteiger partial charge in [-0.2, -0.15) is 0 Å². The first-order valence-corrected chi connectivity index (χ1v) is 5.95. The highest BCUT2D eigenvalue weighted by Gasteiger charge is 2.55. The van der Waals surface area contributed by atoms with E-state index in [4.69, 9.17) is 0 Å². The minimum absolute atomic E-state index is 0.101. The fourth-order valence-electron chi connectivity index (χ4n) is 3.03. The molecule has 14 heavy (non-hydrogen) atoms. The summed E-state index contributed by atoms with van der Waals surface area (Å²) in [5.41, 5.74) is 0.818. The van der Waals surface area contributed by atoms with E-state index in [9.17, 15) is 4.79 Å². The summed E-state index contributed by atoms with van der Waals surface area (Å²) in [6.07, 6.45) is 9.83. The monoisotopic (exact) mass is 195 g/mol. The molecule has 0 aliphatic heterocycles. The number of nitrogens with one attached hydrogen (secondary N) is 1. The van der Waals surface area contributed by atoms with Crippen LogP contribution in [0.2, 0.25) is 0 Å². The zero-order valence-electron chi connectivity index (χ0n) is 9.14. The first kappa shape index (κ1) is 10.0. The van der Waals surface area contributed by atoms with E-state index in [1.165, 1.54) is 38.5 Å². The molecule has 0 heterocycles. The van der Waals surface area contributed by atoms with Crippen LogP contribution in [0.5, 0.6) is 0 Å². The predicted molar refractivity (Wildman–Crippen MR) is 56.9 cm³/mol. The van der Waals surface area contributed by atoms with Crippen molar-refractivity contribution in [3.05, 3.63) is 0 Å². The van der Waals surface area contributed by atoms with Gasteiger partial charge in [0.15, 0.2) is 0 Å². The average molecular weight is 195 g/mol. The largest absolute Gasteiger partial charge is 0.356 e. The number of hydrogen-bond donors (Lipinski definition) is 1. The molecule has 3 rings (SSSR count). The Balaban J connectivity index is 1.42. The van der Waals surface area contributed by atoms with Crippen LogP contribution >= 0.6 is 0 Å². The Hall–Kier alpha value is -0.530. The maximum Gasteiger partial charge on any atom is 0.216 e. The lowest BCUT2D eigenvalue weighted by molar-refractivity contribution is -0.119. The second-order valence-corrected chi connectivity index (χ2v) is 5.27. The van der Waals surface area contributed by atoms with E-state index >= 15 is 0 Å². The summed E-state index contributed by atoms with van der Waals surface area (Å²) in [4.78, 5) is 10.6. The maximum atomic E-state index is 10.6. The third-order valence-corrected chi connectivity index (χ3v) is 3.92. The van der Waals surface area contributed by atoms with Gasteiger partial charge in [0.25, 0.3) is 0 Å². The average Bonchev–Trinajstić information content (AvgIpc) is 1.96. The number of rotatable bonds is 6. The summed E-state index contributed by atoms with van der Waals surface area (Å²) in [5, 5.41) is 2.84. The second kappa shape index (κ2) is 3.92. The van der Waals surface area contributed by atoms with Crippen LogP contribution in [0.25, 0.3) is 0 Å². The molecule has 0 radical (unpaired) electrons. The molecule has 80 valence electrons. The number of carbonyl (C=O) groups excluding carboxylic acids is 1. The van der Waals surface area contributed by atoms with Crippen LogP contribution < -0.4 is 5.32 Å². The first-order chi connectivity index (χ1) is 6.70. The molecule has 0 aromatic rings. The van der Waals surface area contributed by atoms with Crippen molar-refractivity contribution < 1.29 is 4.79 Å². The van der Waals surface area contributed by atoms with Gasteiger partial charge in [0.2, 0.25) is 5.91 Å². The van der Waals surface area contributed by atoms with E-state index in [-0.39, 0.29) is 5.91 Å². The first-order valence-electron chi connectivity index (χ1n) is 5.95. The van der Waals surface area contributed by atoms with Crippen LogP contribution in [-0.2, 0) is 4.79 Å². The highest BCUT2D eigenvalue weighted by atomic mass is 16.1. The number of carbonyl (C=O) groups is 1. The standard InChI is InChI=1S/C12H21NO/c1-10(14)13-6-4-2-3-5-12-7-11(8-12)9-12/h11H,2-9H2,1H3,(H,13,14). The van der Waals surface area contributed by atoms with Crippen molar-refractivity contribution in [2.24, 2.45) is 11.3 Å². The van der Waals surface area contributed by atoms with Crippen molar-refractivity contribution in [3.8, 4) is 0 Å². The molecular formula is C12H21NO. The van der Waals surface area contributed by atoms with E-state index in [1.807, 2.05) is 0 Å². The van der Waals surface area contributed by atoms with E-state index in [0.29, 0.717) is 0 Å². The van der Waals surface area contributed by atoms with Crippen molar-refractivity contribution in [1.29, 1.82) is 0 Å². The fraction of sp³-hybridized carbons (Fsp3) is 0.917. The SMILES string of the molecule is CC(=O)NCCCCCC12CC(C1)C2. The quantitative estimate of drug-likeness (QED) is 0.648. The molecule has 1 N–H and O–H groups in total. The van der Waals surface area contributed by atoms with Gasteiger partial charge in [-0.05, 0) is 43.4 Å². The highest BCUT2D eigenvalue weighted by Crippen LogP contribution is 2.66. The summed E-state index contributed by atoms with van der Waals surface area (Å²) in [6, 6.07) is 0. The number of hydrogen-bond acceptors (Lipinski definition) is 1. The van der Waals surface area contributed by atoms with Gasteiger partial charge in [-0.15, -0.1) is 0 Å². The molecule has 3 aliphatic carbocycles. The minimum Gasteiger partial charge on any atom is -0.356 e. The van der Waals surface area contributed by atoms with Gasteiger partial charge >= 0.3 is 0 Å². The number of unbranched alkanes of at least 4 members (excludes halogenated alkanes) is 2. The van der Waals surface area contributed by atoms with Crippen LogP contribution in [-0.4, -0.2) is 12.5 Å². The van der Waals surface area contributed by atoms with Crippen LogP contribution in [0.3, 0.4) is 0 Å². The van der Waals surface area contributed by atoms with Crippen LogP contribution in [0, 0.1) is 11.3 Å². The van der Waals surface area contributed by atoms with Gasteiger partial charge in [0, 0.05) is 13.5 Å². The fourth-order valence-corrected chi connectivity index (χ4v) is 3.03. The third kappa shape index (κ3) is 2.10. The summed E-state index contributed by atoms with van der Waals surface area (Å²) < 4.78 is 0. The topological polar surface area (TPSA) is 29.1 Å². The van der Waals surface area contributed by atoms with Gasteiger partial charge < -0.3 is 5.32 Å². The molecule has 2 bridgehead atoms. The molecule has 2 heteroatoms. The Kier molecular flexibility index (Phi) is 2.80. The number of amides is 1. The molecule has 1 amide bonds. The maximum absolute atomic E-state index is 10.6. The molecule has 0 spiro atoms. The summed E-state index contributed by atoms with van der Waals surface area (Å²) >= 11 is 0. The summed E-state index contributed by atoms with van der Waals surface area (Å²) in [5.74, 6) is 1.22. The molecule has 3 saturated carbocycles. The molecular weight excluding hydrogens is 174 g/mol. The Morgan fingerprint density at radius 1 is 1.29 bits per heavy atom. The molecule has 0 atom stereocenters. The zero-order valence-corrected chi connectivity index (χ0v) is 9.14. The molecule has 3 fully saturated rings. The van der Waals surface area contributed by atoms with E-state index in [2.05, 4.69) is 5.32 Å². The Bertz CT molecular complexity index is 207. The molecule has 0 aromatic heterocycles. The van der Waals surface area contributed by atoms with Crippen molar-refractivity contribution >= 4 is 5.91 Å². The van der Waals surface area contributed by atoms with Crippen molar-refractivity contribution in [2.75, 3.05) is 6.54 Å². The van der Waals surface area contributed by atoms with Crippen LogP contribution in [0.4, 0.5) is 0 Å². The van der Waals surface area contributed by atoms with Crippen molar-refractivity contribution in [3.63, 3.8) is 0 Å². The minimum atomic E-state index is 0.101. The van der Waals surface area contributed by atoms with Gasteiger partial charge in [0.05, 0.1) is 0 Å². The molecule has 3 aliphatic rings. The van der Waals surface area contributed by atoms with Gasteiger partial charge in [-0.25, -0.2) is 0 Å². The lowest BCUT2D eigenvalue weighted by Crippen LogP contribution is -2.51. The molecule has 2 nitrogen and oxygen atoms in total. The lowest BCUT2D eigenvalue weighted by Gasteiger charge is -2.62. The van der Waals surface area contributed by atoms with E-state index in [1.54, 1.807) is 6.92 Å². The molecule has 0 saturated heterocycles. The van der Waals surface area contributed by atoms with Gasteiger partial charge in [-0.1, -0.05) is 12.8 Å². The van der Waals surface area contributed by atoms with E-state index in [0.717, 1.165) is 24.3 Å². The third-order valence-electron chi connectivity index (χ3n) is 3.92. The molecule has 0 unspecified atom stereocenters. The lowest BCUT2D eigenvalue weighted by atomic mass is 9.43. The Labute approximate surface area is 86.5 Å². The smallest absolute Gasteiger partial charge is 0.216 e. The highest BCUT2D eigenvalue weighted by molar-refractivity contribution is 5.72. The van der Waals surface area contributed by atoms with Crippen LogP contribution in [0.1, 0.15) is 51.9 Å². The Morgan fingerprint density at radius 3 is 2.50 bits per heavy atom. The van der Waals surface area contributed by atoms with Crippen molar-refractivity contribution in [1.82, 2.24) is 5.32 Å². The summed E-state index contributed by atoms with van der Waals surface area (Å²) in [6.45, 7) is 2.45. The van der Waals surface area contributed by atoms with E-state index < -0.39 is 0 Å². The summed E-state index contributed by atoms with van der Waals surface area (Å²) in [7, 11) is 0. The predicted octanol–water partition coefficient (Wildman–Crippen LogP) is 2.48. The Morgan fingerprint density at radius 2 is 2.00 bits per heavy atom. The molecule has 0 aromatic carbocycles. The van der Waals surface area contributed by atoms with Gasteiger partial charge in [-0.3, -0.25) is 4.79 Å².